The molecule has 76 valence electrons. The summed E-state index contributed by atoms with van der Waals surface area (Å²) in [6.45, 7) is 5.88. The molecule has 4 nitrogen and oxygen atoms in total. The van der Waals surface area contributed by atoms with Crippen LogP contribution in [0.3, 0.4) is 0 Å². The average Bonchev–Trinajstić information content (AvgIpc) is 2.28. The van der Waals surface area contributed by atoms with Gasteiger partial charge in [-0.05, 0) is 20.3 Å². The number of amides is 1. The van der Waals surface area contributed by atoms with Crippen LogP contribution < -0.4 is 5.73 Å². The standard InChI is InChI=1S/C9H18N2O2/c1-7-6-11(4-3-5-13-7)9(12)8(2)10/h7-8H,3-6,10H2,1-2H3/t7?,8-/m1/s1. The van der Waals surface area contributed by atoms with E-state index >= 15 is 0 Å². The van der Waals surface area contributed by atoms with Crippen LogP contribution in [0.4, 0.5) is 0 Å². The summed E-state index contributed by atoms with van der Waals surface area (Å²) in [6, 6.07) is -0.398. The third kappa shape index (κ3) is 2.97. The Kier molecular flexibility index (Phi) is 3.69. The molecule has 0 spiro atoms. The number of hydrogen-bond donors (Lipinski definition) is 1. The Hall–Kier alpha value is -0.610. The molecular weight excluding hydrogens is 168 g/mol. The van der Waals surface area contributed by atoms with E-state index in [1.807, 2.05) is 6.92 Å². The maximum Gasteiger partial charge on any atom is 0.239 e. The molecular formula is C9H18N2O2. The highest BCUT2D eigenvalue weighted by molar-refractivity contribution is 5.81. The molecule has 1 rings (SSSR count). The lowest BCUT2D eigenvalue weighted by Gasteiger charge is -2.23. The molecule has 0 aromatic carbocycles. The van der Waals surface area contributed by atoms with Gasteiger partial charge in [-0.2, -0.15) is 0 Å². The van der Waals surface area contributed by atoms with Crippen molar-refractivity contribution in [3.8, 4) is 0 Å². The minimum absolute atomic E-state index is 0.0253. The highest BCUT2D eigenvalue weighted by atomic mass is 16.5. The van der Waals surface area contributed by atoms with Gasteiger partial charge in [-0.25, -0.2) is 0 Å². The van der Waals surface area contributed by atoms with Gasteiger partial charge in [0.1, 0.15) is 0 Å². The summed E-state index contributed by atoms with van der Waals surface area (Å²) >= 11 is 0. The number of carbonyl (C=O) groups excluding carboxylic acids is 1. The van der Waals surface area contributed by atoms with Crippen LogP contribution in [0.1, 0.15) is 20.3 Å². The fraction of sp³-hybridized carbons (Fsp3) is 0.889. The van der Waals surface area contributed by atoms with E-state index in [1.54, 1.807) is 11.8 Å². The Bertz CT molecular complexity index is 182. The van der Waals surface area contributed by atoms with Crippen molar-refractivity contribution >= 4 is 5.91 Å². The second-order valence-electron chi connectivity index (χ2n) is 3.61. The molecule has 0 aromatic heterocycles. The summed E-state index contributed by atoms with van der Waals surface area (Å²) in [5, 5.41) is 0. The average molecular weight is 186 g/mol. The molecule has 0 bridgehead atoms. The summed E-state index contributed by atoms with van der Waals surface area (Å²) in [6.07, 6.45) is 1.04. The SMILES string of the molecule is CC1CN(C(=O)[C@@H](C)N)CCCO1. The molecule has 1 aliphatic heterocycles. The zero-order valence-electron chi connectivity index (χ0n) is 8.32. The summed E-state index contributed by atoms with van der Waals surface area (Å²) in [5.41, 5.74) is 5.53. The molecule has 2 atom stereocenters. The molecule has 1 unspecified atom stereocenters. The van der Waals surface area contributed by atoms with Crippen LogP contribution in [-0.4, -0.2) is 42.6 Å². The molecule has 1 aliphatic rings. The number of carbonyl (C=O) groups is 1. The number of nitrogens with two attached hydrogens (primary N) is 1. The highest BCUT2D eigenvalue weighted by Gasteiger charge is 2.21. The van der Waals surface area contributed by atoms with Gasteiger partial charge in [0.2, 0.25) is 5.91 Å². The molecule has 1 fully saturated rings. The van der Waals surface area contributed by atoms with Crippen molar-refractivity contribution in [1.82, 2.24) is 4.90 Å². The van der Waals surface area contributed by atoms with Crippen LogP contribution in [0.25, 0.3) is 0 Å². The fourth-order valence-corrected chi connectivity index (χ4v) is 1.48. The van der Waals surface area contributed by atoms with Crippen LogP contribution in [0.5, 0.6) is 0 Å². The first-order valence-corrected chi connectivity index (χ1v) is 4.77. The first-order valence-electron chi connectivity index (χ1n) is 4.77. The van der Waals surface area contributed by atoms with Crippen molar-refractivity contribution < 1.29 is 9.53 Å². The van der Waals surface area contributed by atoms with Crippen molar-refractivity contribution in [3.05, 3.63) is 0 Å². The molecule has 0 saturated carbocycles. The lowest BCUT2D eigenvalue weighted by Crippen LogP contribution is -2.44. The van der Waals surface area contributed by atoms with Crippen LogP contribution in [-0.2, 0) is 9.53 Å². The molecule has 1 heterocycles. The van der Waals surface area contributed by atoms with E-state index < -0.39 is 6.04 Å². The molecule has 1 saturated heterocycles. The van der Waals surface area contributed by atoms with Gasteiger partial charge in [-0.1, -0.05) is 0 Å². The Labute approximate surface area is 79.0 Å². The van der Waals surface area contributed by atoms with Crippen molar-refractivity contribution in [3.63, 3.8) is 0 Å². The maximum absolute atomic E-state index is 11.5. The van der Waals surface area contributed by atoms with E-state index in [9.17, 15) is 4.79 Å². The Morgan fingerprint density at radius 1 is 1.69 bits per heavy atom. The maximum atomic E-state index is 11.5. The highest BCUT2D eigenvalue weighted by Crippen LogP contribution is 2.06. The van der Waals surface area contributed by atoms with E-state index in [2.05, 4.69) is 0 Å². The van der Waals surface area contributed by atoms with Gasteiger partial charge in [0.15, 0.2) is 0 Å². The van der Waals surface area contributed by atoms with E-state index in [0.717, 1.165) is 19.6 Å². The third-order valence-corrected chi connectivity index (χ3v) is 2.15. The lowest BCUT2D eigenvalue weighted by molar-refractivity contribution is -0.132. The van der Waals surface area contributed by atoms with Gasteiger partial charge in [-0.15, -0.1) is 0 Å². The first kappa shape index (κ1) is 10.5. The molecule has 4 heteroatoms. The van der Waals surface area contributed by atoms with Crippen molar-refractivity contribution in [2.75, 3.05) is 19.7 Å². The second-order valence-corrected chi connectivity index (χ2v) is 3.61. The Morgan fingerprint density at radius 3 is 3.00 bits per heavy atom. The largest absolute Gasteiger partial charge is 0.377 e. The van der Waals surface area contributed by atoms with E-state index in [0.29, 0.717) is 6.54 Å². The quantitative estimate of drug-likeness (QED) is 0.625. The fourth-order valence-electron chi connectivity index (χ4n) is 1.48. The molecule has 0 aromatic rings. The predicted octanol–water partition coefficient (Wildman–Crippen LogP) is -0.0290. The van der Waals surface area contributed by atoms with Crippen LogP contribution in [0.2, 0.25) is 0 Å². The summed E-state index contributed by atoms with van der Waals surface area (Å²) in [7, 11) is 0. The molecule has 2 N–H and O–H groups in total. The normalized spacial score (nSPS) is 26.7. The minimum atomic E-state index is -0.398. The number of rotatable bonds is 1. The number of hydrogen-bond acceptors (Lipinski definition) is 3. The Balaban J connectivity index is 2.52. The van der Waals surface area contributed by atoms with Gasteiger partial charge in [0, 0.05) is 19.7 Å². The molecule has 1 amide bonds. The molecule has 0 aliphatic carbocycles. The van der Waals surface area contributed by atoms with Crippen molar-refractivity contribution in [2.45, 2.75) is 32.4 Å². The monoisotopic (exact) mass is 186 g/mol. The van der Waals surface area contributed by atoms with Gasteiger partial charge in [-0.3, -0.25) is 4.79 Å². The predicted molar refractivity (Wildman–Crippen MR) is 50.3 cm³/mol. The second kappa shape index (κ2) is 4.58. The summed E-state index contributed by atoms with van der Waals surface area (Å²) < 4.78 is 5.43. The van der Waals surface area contributed by atoms with E-state index in [4.69, 9.17) is 10.5 Å². The topological polar surface area (TPSA) is 55.6 Å². The number of nitrogens with zero attached hydrogens (tertiary/aromatic N) is 1. The van der Waals surface area contributed by atoms with Crippen molar-refractivity contribution in [2.24, 2.45) is 5.73 Å². The van der Waals surface area contributed by atoms with Crippen LogP contribution in [0, 0.1) is 0 Å². The van der Waals surface area contributed by atoms with E-state index in [1.165, 1.54) is 0 Å². The smallest absolute Gasteiger partial charge is 0.239 e. The lowest BCUT2D eigenvalue weighted by atomic mass is 10.2. The van der Waals surface area contributed by atoms with Crippen molar-refractivity contribution in [1.29, 1.82) is 0 Å². The first-order chi connectivity index (χ1) is 6.11. The zero-order chi connectivity index (χ0) is 9.84. The van der Waals surface area contributed by atoms with Gasteiger partial charge in [0.05, 0.1) is 12.1 Å². The van der Waals surface area contributed by atoms with E-state index in [-0.39, 0.29) is 12.0 Å². The number of ether oxygens (including phenoxy) is 1. The van der Waals surface area contributed by atoms with Gasteiger partial charge in [0.25, 0.3) is 0 Å². The summed E-state index contributed by atoms with van der Waals surface area (Å²) in [4.78, 5) is 13.3. The van der Waals surface area contributed by atoms with Crippen LogP contribution in [0.15, 0.2) is 0 Å². The third-order valence-electron chi connectivity index (χ3n) is 2.15. The zero-order valence-corrected chi connectivity index (χ0v) is 8.32. The molecule has 0 radical (unpaired) electrons. The summed E-state index contributed by atoms with van der Waals surface area (Å²) in [5.74, 6) is 0.0253. The molecule has 13 heavy (non-hydrogen) atoms. The minimum Gasteiger partial charge on any atom is -0.377 e. The van der Waals surface area contributed by atoms with Gasteiger partial charge < -0.3 is 15.4 Å². The Morgan fingerprint density at radius 2 is 2.38 bits per heavy atom. The van der Waals surface area contributed by atoms with Crippen LogP contribution >= 0.6 is 0 Å². The van der Waals surface area contributed by atoms with Gasteiger partial charge >= 0.3 is 0 Å².